The lowest BCUT2D eigenvalue weighted by Gasteiger charge is -2.14. The molecule has 1 aromatic rings. The highest BCUT2D eigenvalue weighted by Crippen LogP contribution is 2.33. The van der Waals surface area contributed by atoms with Crippen molar-refractivity contribution in [3.8, 4) is 5.75 Å². The molecule has 0 fully saturated rings. The van der Waals surface area contributed by atoms with Crippen molar-refractivity contribution >= 4 is 29.7 Å². The van der Waals surface area contributed by atoms with E-state index in [1.165, 1.54) is 0 Å². The van der Waals surface area contributed by atoms with Gasteiger partial charge in [0.25, 0.3) is 0 Å². The highest BCUT2D eigenvalue weighted by atomic mass is 35.5. The molecular formula is C22H30ClN3O. The molecule has 0 amide bonds. The zero-order valence-electron chi connectivity index (χ0n) is 16.9. The molecule has 1 rings (SSSR count). The van der Waals surface area contributed by atoms with Crippen LogP contribution >= 0.6 is 11.6 Å². The molecule has 0 radical (unpaired) electrons. The van der Waals surface area contributed by atoms with E-state index < -0.39 is 0 Å². The van der Waals surface area contributed by atoms with Crippen LogP contribution in [0, 0.1) is 0 Å². The minimum absolute atomic E-state index is 0.591. The van der Waals surface area contributed by atoms with Crippen molar-refractivity contribution in [2.75, 3.05) is 13.6 Å². The van der Waals surface area contributed by atoms with E-state index in [1.54, 1.807) is 19.3 Å². The highest BCUT2D eigenvalue weighted by Gasteiger charge is 2.13. The number of hydrogen-bond acceptors (Lipinski definition) is 4. The smallest absolute Gasteiger partial charge is 0.140 e. The predicted octanol–water partition coefficient (Wildman–Crippen LogP) is 5.83. The molecule has 0 saturated carbocycles. The second-order valence-corrected chi connectivity index (χ2v) is 6.40. The van der Waals surface area contributed by atoms with Gasteiger partial charge < -0.3 is 10.5 Å². The summed E-state index contributed by atoms with van der Waals surface area (Å²) in [6.45, 7) is 8.67. The second kappa shape index (κ2) is 12.3. The van der Waals surface area contributed by atoms with Gasteiger partial charge in [0.15, 0.2) is 0 Å². The number of nitrogens with two attached hydrogens (primary N) is 1. The fourth-order valence-electron chi connectivity index (χ4n) is 2.36. The van der Waals surface area contributed by atoms with Gasteiger partial charge in [-0.25, -0.2) is 0 Å². The molecule has 0 aromatic heterocycles. The Hall–Kier alpha value is -2.17. The standard InChI is InChI=1S/C22H30ClN3O/c1-6-16(4)22(26-14-17(7-2)11-12-24)20-10-9-18(23)13-21(20)27-19(8-3)15-25-5/h7-10,13-15H,6,11-12,24H2,1-5H3/b17-7-,19-8+,22-16-,25-15-,26-14-. The minimum Gasteiger partial charge on any atom is -0.455 e. The number of nitrogens with zero attached hydrogens (tertiary/aromatic N) is 2. The summed E-state index contributed by atoms with van der Waals surface area (Å²) in [4.78, 5) is 8.81. The first kappa shape index (κ1) is 22.9. The largest absolute Gasteiger partial charge is 0.455 e. The summed E-state index contributed by atoms with van der Waals surface area (Å²) >= 11 is 6.22. The Balaban J connectivity index is 3.45. The van der Waals surface area contributed by atoms with Crippen molar-refractivity contribution in [3.05, 3.63) is 57.8 Å². The van der Waals surface area contributed by atoms with Crippen LogP contribution in [0.15, 0.2) is 57.2 Å². The lowest BCUT2D eigenvalue weighted by molar-refractivity contribution is 0.454. The maximum absolute atomic E-state index is 6.22. The molecular weight excluding hydrogens is 358 g/mol. The van der Waals surface area contributed by atoms with Gasteiger partial charge in [-0.3, -0.25) is 9.98 Å². The van der Waals surface area contributed by atoms with Crippen molar-refractivity contribution in [2.45, 2.75) is 40.5 Å². The summed E-state index contributed by atoms with van der Waals surface area (Å²) in [5.74, 6) is 1.30. The third-order valence-electron chi connectivity index (χ3n) is 4.07. The lowest BCUT2D eigenvalue weighted by atomic mass is 10.0. The summed E-state index contributed by atoms with van der Waals surface area (Å²) in [5.41, 5.74) is 9.71. The monoisotopic (exact) mass is 387 g/mol. The molecule has 146 valence electrons. The van der Waals surface area contributed by atoms with Gasteiger partial charge in [-0.05, 0) is 69.5 Å². The van der Waals surface area contributed by atoms with Gasteiger partial charge in [0.2, 0.25) is 0 Å². The van der Waals surface area contributed by atoms with E-state index in [0.29, 0.717) is 23.1 Å². The molecule has 0 saturated heterocycles. The van der Waals surface area contributed by atoms with Crippen LogP contribution in [0.2, 0.25) is 5.02 Å². The van der Waals surface area contributed by atoms with Gasteiger partial charge in [-0.2, -0.15) is 0 Å². The van der Waals surface area contributed by atoms with E-state index in [0.717, 1.165) is 35.2 Å². The van der Waals surface area contributed by atoms with E-state index in [2.05, 4.69) is 18.8 Å². The predicted molar refractivity (Wildman–Crippen MR) is 119 cm³/mol. The molecule has 1 aromatic carbocycles. The molecule has 0 heterocycles. The third-order valence-corrected chi connectivity index (χ3v) is 4.30. The van der Waals surface area contributed by atoms with Crippen LogP contribution in [0.4, 0.5) is 0 Å². The quantitative estimate of drug-likeness (QED) is 0.428. The fraction of sp³-hybridized carbons (Fsp3) is 0.364. The van der Waals surface area contributed by atoms with Crippen molar-refractivity contribution in [1.82, 2.24) is 0 Å². The highest BCUT2D eigenvalue weighted by molar-refractivity contribution is 6.30. The number of aliphatic imine (C=N–C) groups is 2. The van der Waals surface area contributed by atoms with Crippen molar-refractivity contribution < 1.29 is 4.74 Å². The molecule has 0 aliphatic carbocycles. The normalized spacial score (nSPS) is 14.2. The number of rotatable bonds is 9. The van der Waals surface area contributed by atoms with Gasteiger partial charge in [-0.15, -0.1) is 0 Å². The number of halogens is 1. The summed E-state index contributed by atoms with van der Waals surface area (Å²) in [7, 11) is 1.71. The first-order valence-corrected chi connectivity index (χ1v) is 9.53. The fourth-order valence-corrected chi connectivity index (χ4v) is 2.53. The van der Waals surface area contributed by atoms with Crippen LogP contribution in [0.1, 0.15) is 46.1 Å². The molecule has 4 nitrogen and oxygen atoms in total. The minimum atomic E-state index is 0.591. The average Bonchev–Trinajstić information content (AvgIpc) is 2.67. The van der Waals surface area contributed by atoms with Crippen LogP contribution in [0.3, 0.4) is 0 Å². The molecule has 0 unspecified atom stereocenters. The molecule has 0 atom stereocenters. The number of benzene rings is 1. The van der Waals surface area contributed by atoms with E-state index in [9.17, 15) is 0 Å². The van der Waals surface area contributed by atoms with Crippen LogP contribution in [-0.2, 0) is 0 Å². The van der Waals surface area contributed by atoms with Gasteiger partial charge in [0.1, 0.15) is 11.5 Å². The Morgan fingerprint density at radius 3 is 2.52 bits per heavy atom. The SMILES string of the molecule is C\C=C(/C=N\C(=C(\C)CC)c1ccc(Cl)cc1OC(/C=N\C)=C/C)CCN. The molecule has 0 aliphatic heterocycles. The van der Waals surface area contributed by atoms with Crippen LogP contribution < -0.4 is 10.5 Å². The summed E-state index contributed by atoms with van der Waals surface area (Å²) in [5, 5.41) is 0.604. The second-order valence-electron chi connectivity index (χ2n) is 5.96. The molecule has 0 bridgehead atoms. The molecule has 5 heteroatoms. The third kappa shape index (κ3) is 7.16. The van der Waals surface area contributed by atoms with Crippen molar-refractivity contribution in [2.24, 2.45) is 15.7 Å². The molecule has 2 N–H and O–H groups in total. The maximum atomic E-state index is 6.22. The van der Waals surface area contributed by atoms with Crippen LogP contribution in [-0.4, -0.2) is 26.0 Å². The van der Waals surface area contributed by atoms with Gasteiger partial charge >= 0.3 is 0 Å². The van der Waals surface area contributed by atoms with Crippen LogP contribution in [0.25, 0.3) is 5.70 Å². The number of hydrogen-bond donors (Lipinski definition) is 1. The zero-order valence-corrected chi connectivity index (χ0v) is 17.7. The summed E-state index contributed by atoms with van der Waals surface area (Å²) in [6, 6.07) is 5.60. The van der Waals surface area contributed by atoms with Crippen LogP contribution in [0.5, 0.6) is 5.75 Å². The Morgan fingerprint density at radius 1 is 1.22 bits per heavy atom. The van der Waals surface area contributed by atoms with Gasteiger partial charge in [0, 0.05) is 29.9 Å². The molecule has 0 aliphatic rings. The van der Waals surface area contributed by atoms with Crippen molar-refractivity contribution in [3.63, 3.8) is 0 Å². The van der Waals surface area contributed by atoms with Crippen molar-refractivity contribution in [1.29, 1.82) is 0 Å². The zero-order chi connectivity index (χ0) is 20.2. The Labute approximate surface area is 168 Å². The van der Waals surface area contributed by atoms with Gasteiger partial charge in [0.05, 0.1) is 11.9 Å². The van der Waals surface area contributed by atoms with E-state index in [4.69, 9.17) is 27.1 Å². The Morgan fingerprint density at radius 2 is 1.96 bits per heavy atom. The molecule has 0 spiro atoms. The van der Waals surface area contributed by atoms with Gasteiger partial charge in [-0.1, -0.05) is 24.6 Å². The van der Waals surface area contributed by atoms with E-state index in [-0.39, 0.29) is 0 Å². The Bertz CT molecular complexity index is 774. The summed E-state index contributed by atoms with van der Waals surface area (Å²) < 4.78 is 6.06. The number of allylic oxidation sites excluding steroid dienone is 4. The Kier molecular flexibility index (Phi) is 10.4. The summed E-state index contributed by atoms with van der Waals surface area (Å²) in [6.07, 6.45) is 9.11. The first-order chi connectivity index (χ1) is 13.0. The topological polar surface area (TPSA) is 60.0 Å². The lowest BCUT2D eigenvalue weighted by Crippen LogP contribution is -2.02. The van der Waals surface area contributed by atoms with E-state index in [1.807, 2.05) is 44.3 Å². The molecule has 27 heavy (non-hydrogen) atoms. The maximum Gasteiger partial charge on any atom is 0.140 e. The van der Waals surface area contributed by atoms with E-state index >= 15 is 0 Å². The first-order valence-electron chi connectivity index (χ1n) is 9.15. The average molecular weight is 388 g/mol. The number of ether oxygens (including phenoxy) is 1.